The third-order valence-corrected chi connectivity index (χ3v) is 3.42. The third-order valence-electron chi connectivity index (χ3n) is 3.42. The number of nitrogens with one attached hydrogen (secondary N) is 2. The Balaban J connectivity index is 1.96. The van der Waals surface area contributed by atoms with Crippen LogP contribution in [0.4, 0.5) is 5.69 Å². The number of amides is 2. The molecule has 26 heavy (non-hydrogen) atoms. The second-order valence-corrected chi connectivity index (χ2v) is 5.34. The summed E-state index contributed by atoms with van der Waals surface area (Å²) in [5.74, 6) is -0.0682. The number of phenols is 1. The van der Waals surface area contributed by atoms with Crippen molar-refractivity contribution in [1.82, 2.24) is 5.43 Å². The van der Waals surface area contributed by atoms with Gasteiger partial charge in [0, 0.05) is 17.7 Å². The molecular weight excluding hydrogens is 334 g/mol. The van der Waals surface area contributed by atoms with Crippen molar-refractivity contribution in [3.05, 3.63) is 53.6 Å². The Morgan fingerprint density at radius 1 is 1.15 bits per heavy atom. The van der Waals surface area contributed by atoms with Gasteiger partial charge in [-0.15, -0.1) is 0 Å². The topological polar surface area (TPSA) is 100 Å². The highest BCUT2D eigenvalue weighted by Gasteiger charge is 2.06. The fourth-order valence-electron chi connectivity index (χ4n) is 2.07. The van der Waals surface area contributed by atoms with Gasteiger partial charge in [-0.05, 0) is 55.0 Å². The maximum Gasteiger partial charge on any atom is 0.271 e. The molecule has 7 nitrogen and oxygen atoms in total. The van der Waals surface area contributed by atoms with Gasteiger partial charge in [0.05, 0.1) is 12.8 Å². The van der Waals surface area contributed by atoms with Crippen LogP contribution in [0, 0.1) is 0 Å². The molecule has 0 spiro atoms. The minimum atomic E-state index is -0.376. The number of hydrogen-bond donors (Lipinski definition) is 3. The maximum absolute atomic E-state index is 12.1. The van der Waals surface area contributed by atoms with E-state index in [1.165, 1.54) is 12.3 Å². The van der Waals surface area contributed by atoms with Crippen molar-refractivity contribution in [3.63, 3.8) is 0 Å². The highest BCUT2D eigenvalue weighted by molar-refractivity contribution is 5.96. The Morgan fingerprint density at radius 3 is 2.54 bits per heavy atom. The standard InChI is InChI=1S/C19H21N3O4/c1-3-18(24)21-15-8-6-14(7-9-15)19(25)22-20-12-13-5-10-16(23)17(11-13)26-4-2/h5-12,23H,3-4H2,1-2H3,(H,21,24)(H,22,25)/b20-12+. The van der Waals surface area contributed by atoms with Crippen LogP contribution in [0.5, 0.6) is 11.5 Å². The molecule has 0 saturated carbocycles. The van der Waals surface area contributed by atoms with Crippen molar-refractivity contribution in [2.75, 3.05) is 11.9 Å². The van der Waals surface area contributed by atoms with E-state index >= 15 is 0 Å². The molecule has 0 bridgehead atoms. The van der Waals surface area contributed by atoms with Crippen LogP contribution in [0.15, 0.2) is 47.6 Å². The summed E-state index contributed by atoms with van der Waals surface area (Å²) in [5.41, 5.74) is 4.14. The number of rotatable bonds is 7. The van der Waals surface area contributed by atoms with E-state index < -0.39 is 0 Å². The lowest BCUT2D eigenvalue weighted by Crippen LogP contribution is -2.17. The lowest BCUT2D eigenvalue weighted by molar-refractivity contribution is -0.115. The molecule has 3 N–H and O–H groups in total. The number of carbonyl (C=O) groups is 2. The van der Waals surface area contributed by atoms with Gasteiger partial charge in [-0.3, -0.25) is 9.59 Å². The van der Waals surface area contributed by atoms with Crippen molar-refractivity contribution in [2.24, 2.45) is 5.10 Å². The van der Waals surface area contributed by atoms with Crippen LogP contribution in [-0.4, -0.2) is 29.7 Å². The Bertz CT molecular complexity index is 801. The molecule has 0 fully saturated rings. The first-order chi connectivity index (χ1) is 12.5. The van der Waals surface area contributed by atoms with Crippen LogP contribution in [0.25, 0.3) is 0 Å². The molecule has 0 radical (unpaired) electrons. The van der Waals surface area contributed by atoms with E-state index in [0.717, 1.165) is 0 Å². The Kier molecular flexibility index (Phi) is 6.73. The van der Waals surface area contributed by atoms with Gasteiger partial charge in [-0.1, -0.05) is 6.92 Å². The number of hydrogen-bond acceptors (Lipinski definition) is 5. The molecule has 7 heteroatoms. The van der Waals surface area contributed by atoms with E-state index in [0.29, 0.717) is 35.6 Å². The van der Waals surface area contributed by atoms with E-state index in [9.17, 15) is 14.7 Å². The first-order valence-electron chi connectivity index (χ1n) is 8.22. The van der Waals surface area contributed by atoms with Crippen LogP contribution in [0.3, 0.4) is 0 Å². The molecule has 0 aliphatic carbocycles. The molecule has 0 unspecified atom stereocenters. The van der Waals surface area contributed by atoms with Crippen molar-refractivity contribution in [2.45, 2.75) is 20.3 Å². The molecule has 0 aromatic heterocycles. The minimum absolute atomic E-state index is 0.0447. The number of aromatic hydroxyl groups is 1. The number of nitrogens with zero attached hydrogens (tertiary/aromatic N) is 1. The lowest BCUT2D eigenvalue weighted by Gasteiger charge is -2.06. The summed E-state index contributed by atoms with van der Waals surface area (Å²) < 4.78 is 5.29. The zero-order chi connectivity index (χ0) is 18.9. The summed E-state index contributed by atoms with van der Waals surface area (Å²) in [5, 5.41) is 16.3. The number of phenolic OH excluding ortho intramolecular Hbond substituents is 1. The van der Waals surface area contributed by atoms with Crippen LogP contribution >= 0.6 is 0 Å². The monoisotopic (exact) mass is 355 g/mol. The van der Waals surface area contributed by atoms with Crippen molar-refractivity contribution in [3.8, 4) is 11.5 Å². The highest BCUT2D eigenvalue weighted by Crippen LogP contribution is 2.26. The fraction of sp³-hybridized carbons (Fsp3) is 0.211. The quantitative estimate of drug-likeness (QED) is 0.525. The van der Waals surface area contributed by atoms with Crippen LogP contribution in [0.2, 0.25) is 0 Å². The largest absolute Gasteiger partial charge is 0.504 e. The van der Waals surface area contributed by atoms with Crippen LogP contribution in [0.1, 0.15) is 36.2 Å². The molecule has 0 heterocycles. The van der Waals surface area contributed by atoms with Gasteiger partial charge in [0.25, 0.3) is 5.91 Å². The molecule has 2 rings (SSSR count). The summed E-state index contributed by atoms with van der Waals surface area (Å²) >= 11 is 0. The van der Waals surface area contributed by atoms with Gasteiger partial charge in [-0.25, -0.2) is 5.43 Å². The smallest absolute Gasteiger partial charge is 0.271 e. The normalized spacial score (nSPS) is 10.5. The predicted molar refractivity (Wildman–Crippen MR) is 99.7 cm³/mol. The number of ether oxygens (including phenoxy) is 1. The van der Waals surface area contributed by atoms with E-state index in [-0.39, 0.29) is 17.6 Å². The summed E-state index contributed by atoms with van der Waals surface area (Å²) in [6.07, 6.45) is 1.84. The Labute approximate surface area is 151 Å². The number of carbonyl (C=O) groups excluding carboxylic acids is 2. The second-order valence-electron chi connectivity index (χ2n) is 5.34. The zero-order valence-electron chi connectivity index (χ0n) is 14.7. The summed E-state index contributed by atoms with van der Waals surface area (Å²) in [6, 6.07) is 11.3. The summed E-state index contributed by atoms with van der Waals surface area (Å²) in [7, 11) is 0. The molecule has 0 saturated heterocycles. The van der Waals surface area contributed by atoms with Gasteiger partial charge in [0.1, 0.15) is 0 Å². The predicted octanol–water partition coefficient (Wildman–Crippen LogP) is 2.90. The average Bonchev–Trinajstić information content (AvgIpc) is 2.65. The van der Waals surface area contributed by atoms with E-state index in [1.807, 2.05) is 6.92 Å². The second kappa shape index (κ2) is 9.22. The SMILES string of the molecule is CCOc1cc(/C=N/NC(=O)c2ccc(NC(=O)CC)cc2)ccc1O. The van der Waals surface area contributed by atoms with Gasteiger partial charge in [0.15, 0.2) is 11.5 Å². The van der Waals surface area contributed by atoms with Crippen molar-refractivity contribution in [1.29, 1.82) is 0 Å². The van der Waals surface area contributed by atoms with Gasteiger partial charge in [0.2, 0.25) is 5.91 Å². The third kappa shape index (κ3) is 5.34. The van der Waals surface area contributed by atoms with Gasteiger partial charge < -0.3 is 15.2 Å². The summed E-state index contributed by atoms with van der Waals surface area (Å²) in [6.45, 7) is 4.01. The molecular formula is C19H21N3O4. The average molecular weight is 355 g/mol. The summed E-state index contributed by atoms with van der Waals surface area (Å²) in [4.78, 5) is 23.4. The van der Waals surface area contributed by atoms with Crippen LogP contribution in [-0.2, 0) is 4.79 Å². The van der Waals surface area contributed by atoms with Crippen LogP contribution < -0.4 is 15.5 Å². The van der Waals surface area contributed by atoms with Crippen molar-refractivity contribution < 1.29 is 19.4 Å². The molecule has 0 aliphatic rings. The molecule has 0 atom stereocenters. The first-order valence-corrected chi connectivity index (χ1v) is 8.22. The van der Waals surface area contributed by atoms with Crippen molar-refractivity contribution >= 4 is 23.7 Å². The molecule has 2 aromatic rings. The Morgan fingerprint density at radius 2 is 1.88 bits per heavy atom. The first kappa shape index (κ1) is 19.0. The van der Waals surface area contributed by atoms with E-state index in [4.69, 9.17) is 4.74 Å². The van der Waals surface area contributed by atoms with Gasteiger partial charge >= 0.3 is 0 Å². The fourth-order valence-corrected chi connectivity index (χ4v) is 2.07. The van der Waals surface area contributed by atoms with Gasteiger partial charge in [-0.2, -0.15) is 5.10 Å². The zero-order valence-corrected chi connectivity index (χ0v) is 14.7. The minimum Gasteiger partial charge on any atom is -0.504 e. The van der Waals surface area contributed by atoms with E-state index in [1.54, 1.807) is 43.3 Å². The Hall–Kier alpha value is -3.35. The number of benzene rings is 2. The molecule has 2 amide bonds. The maximum atomic E-state index is 12.1. The van der Waals surface area contributed by atoms with E-state index in [2.05, 4.69) is 15.8 Å². The molecule has 0 aliphatic heterocycles. The lowest BCUT2D eigenvalue weighted by atomic mass is 10.2. The number of anilines is 1. The highest BCUT2D eigenvalue weighted by atomic mass is 16.5. The molecule has 136 valence electrons. The number of hydrazone groups is 1. The molecule has 2 aromatic carbocycles.